The normalized spacial score (nSPS) is 12.1. The van der Waals surface area contributed by atoms with Crippen molar-refractivity contribution < 1.29 is 8.42 Å². The average Bonchev–Trinajstić information content (AvgIpc) is 2.05. The summed E-state index contributed by atoms with van der Waals surface area (Å²) in [6.07, 6.45) is 0. The Bertz CT molecular complexity index is 452. The van der Waals surface area contributed by atoms with E-state index in [4.69, 9.17) is 5.14 Å². The molecule has 0 unspecified atom stereocenters. The smallest absolute Gasteiger partial charge is 0.238 e. The molecule has 0 fully saturated rings. The van der Waals surface area contributed by atoms with Crippen molar-refractivity contribution in [1.82, 2.24) is 4.90 Å². The first kappa shape index (κ1) is 12.2. The minimum absolute atomic E-state index is 0.219. The van der Waals surface area contributed by atoms with E-state index in [-0.39, 0.29) is 4.90 Å². The van der Waals surface area contributed by atoms with E-state index < -0.39 is 10.0 Å². The summed E-state index contributed by atoms with van der Waals surface area (Å²) < 4.78 is 22.7. The number of benzene rings is 1. The van der Waals surface area contributed by atoms with E-state index in [0.717, 1.165) is 11.1 Å². The number of hydrogen-bond acceptors (Lipinski definition) is 3. The van der Waals surface area contributed by atoms with Crippen LogP contribution in [0.3, 0.4) is 0 Å². The van der Waals surface area contributed by atoms with Crippen LogP contribution in [0.1, 0.15) is 11.1 Å². The van der Waals surface area contributed by atoms with Gasteiger partial charge >= 0.3 is 0 Å². The van der Waals surface area contributed by atoms with Crippen molar-refractivity contribution in [3.63, 3.8) is 0 Å². The van der Waals surface area contributed by atoms with Gasteiger partial charge in [0.15, 0.2) is 0 Å². The summed E-state index contributed by atoms with van der Waals surface area (Å²) in [4.78, 5) is 2.12. The Morgan fingerprint density at radius 1 is 1.33 bits per heavy atom. The molecule has 0 radical (unpaired) electrons. The van der Waals surface area contributed by atoms with Crippen LogP contribution >= 0.6 is 0 Å². The van der Waals surface area contributed by atoms with E-state index >= 15 is 0 Å². The molecule has 2 N–H and O–H groups in total. The molecule has 0 bridgehead atoms. The highest BCUT2D eigenvalue weighted by molar-refractivity contribution is 7.89. The number of hydrogen-bond donors (Lipinski definition) is 1. The fourth-order valence-electron chi connectivity index (χ4n) is 1.40. The summed E-state index contributed by atoms with van der Waals surface area (Å²) in [6, 6.07) is 5.29. The van der Waals surface area contributed by atoms with Crippen molar-refractivity contribution in [2.24, 2.45) is 5.14 Å². The van der Waals surface area contributed by atoms with Gasteiger partial charge in [0.25, 0.3) is 0 Å². The van der Waals surface area contributed by atoms with Crippen molar-refractivity contribution >= 4 is 10.0 Å². The minimum atomic E-state index is -3.63. The Morgan fingerprint density at radius 3 is 2.40 bits per heavy atom. The molecule has 0 heterocycles. The van der Waals surface area contributed by atoms with Crippen LogP contribution in [0.4, 0.5) is 0 Å². The lowest BCUT2D eigenvalue weighted by molar-refractivity contribution is 0.398. The monoisotopic (exact) mass is 228 g/mol. The summed E-state index contributed by atoms with van der Waals surface area (Å²) >= 11 is 0. The van der Waals surface area contributed by atoms with Gasteiger partial charge in [-0.2, -0.15) is 0 Å². The van der Waals surface area contributed by atoms with Gasteiger partial charge in [-0.15, -0.1) is 0 Å². The number of aryl methyl sites for hydroxylation is 1. The molecule has 1 aromatic carbocycles. The van der Waals surface area contributed by atoms with Crippen LogP contribution in [-0.2, 0) is 16.6 Å². The standard InChI is InChI=1S/C10H16N2O2S/c1-8-4-5-9(7-12(2)3)10(6-8)15(11,13)14/h4-6H,7H2,1-3H3,(H2,11,13,14). The molecule has 0 aromatic heterocycles. The Morgan fingerprint density at radius 2 is 1.93 bits per heavy atom. The highest BCUT2D eigenvalue weighted by Gasteiger charge is 2.14. The maximum atomic E-state index is 11.3. The lowest BCUT2D eigenvalue weighted by Gasteiger charge is -2.13. The first-order valence-corrected chi connectivity index (χ1v) is 6.12. The predicted octanol–water partition coefficient (Wildman–Crippen LogP) is 0.704. The molecule has 0 spiro atoms. The molecule has 0 amide bonds. The first-order valence-electron chi connectivity index (χ1n) is 4.58. The van der Waals surface area contributed by atoms with Crippen molar-refractivity contribution in [1.29, 1.82) is 0 Å². The molecule has 0 aliphatic carbocycles. The van der Waals surface area contributed by atoms with Gasteiger partial charge in [-0.1, -0.05) is 12.1 Å². The molecule has 5 heteroatoms. The fraction of sp³-hybridized carbons (Fsp3) is 0.400. The molecule has 0 aliphatic rings. The third kappa shape index (κ3) is 3.30. The van der Waals surface area contributed by atoms with Gasteiger partial charge in [0.2, 0.25) is 10.0 Å². The van der Waals surface area contributed by atoms with Crippen LogP contribution < -0.4 is 5.14 Å². The minimum Gasteiger partial charge on any atom is -0.305 e. The van der Waals surface area contributed by atoms with Gasteiger partial charge in [0, 0.05) is 6.54 Å². The average molecular weight is 228 g/mol. The van der Waals surface area contributed by atoms with Gasteiger partial charge in [0.1, 0.15) is 0 Å². The zero-order valence-electron chi connectivity index (χ0n) is 9.19. The second kappa shape index (κ2) is 4.30. The number of rotatable bonds is 3. The SMILES string of the molecule is Cc1ccc(CN(C)C)c(S(N)(=O)=O)c1. The topological polar surface area (TPSA) is 63.4 Å². The van der Waals surface area contributed by atoms with Gasteiger partial charge in [0.05, 0.1) is 4.90 Å². The highest BCUT2D eigenvalue weighted by atomic mass is 32.2. The van der Waals surface area contributed by atoms with Gasteiger partial charge in [-0.3, -0.25) is 0 Å². The van der Waals surface area contributed by atoms with Crippen LogP contribution in [0, 0.1) is 6.92 Å². The Balaban J connectivity index is 3.27. The number of nitrogens with zero attached hydrogens (tertiary/aromatic N) is 1. The highest BCUT2D eigenvalue weighted by Crippen LogP contribution is 2.17. The fourth-order valence-corrected chi connectivity index (χ4v) is 2.25. The van der Waals surface area contributed by atoms with Gasteiger partial charge in [-0.25, -0.2) is 13.6 Å². The maximum Gasteiger partial charge on any atom is 0.238 e. The van der Waals surface area contributed by atoms with Crippen molar-refractivity contribution in [3.8, 4) is 0 Å². The van der Waals surface area contributed by atoms with Crippen molar-refractivity contribution in [3.05, 3.63) is 29.3 Å². The predicted molar refractivity (Wildman–Crippen MR) is 59.9 cm³/mol. The van der Waals surface area contributed by atoms with E-state index in [9.17, 15) is 8.42 Å². The summed E-state index contributed by atoms with van der Waals surface area (Å²) in [6.45, 7) is 2.40. The molecule has 1 rings (SSSR count). The van der Waals surface area contributed by atoms with Crippen LogP contribution in [0.15, 0.2) is 23.1 Å². The Kier molecular flexibility index (Phi) is 3.49. The van der Waals surface area contributed by atoms with Crippen LogP contribution in [0.25, 0.3) is 0 Å². The second-order valence-electron chi connectivity index (χ2n) is 3.89. The molecule has 1 aromatic rings. The second-order valence-corrected chi connectivity index (χ2v) is 5.42. The van der Waals surface area contributed by atoms with E-state index in [1.807, 2.05) is 32.0 Å². The van der Waals surface area contributed by atoms with E-state index in [1.54, 1.807) is 12.1 Å². The van der Waals surface area contributed by atoms with Crippen LogP contribution in [0.2, 0.25) is 0 Å². The summed E-state index contributed by atoms with van der Waals surface area (Å²) in [7, 11) is 0.135. The quantitative estimate of drug-likeness (QED) is 0.828. The van der Waals surface area contributed by atoms with Crippen LogP contribution in [0.5, 0.6) is 0 Å². The molecule has 0 saturated carbocycles. The van der Waals surface area contributed by atoms with Crippen LogP contribution in [-0.4, -0.2) is 27.4 Å². The van der Waals surface area contributed by atoms with Crippen molar-refractivity contribution in [2.75, 3.05) is 14.1 Å². The molecular weight excluding hydrogens is 212 g/mol. The Labute approximate surface area is 90.8 Å². The molecule has 0 aliphatic heterocycles. The lowest BCUT2D eigenvalue weighted by atomic mass is 10.1. The van der Waals surface area contributed by atoms with Crippen molar-refractivity contribution in [2.45, 2.75) is 18.4 Å². The molecule has 0 saturated heterocycles. The summed E-state index contributed by atoms with van der Waals surface area (Å²) in [5.74, 6) is 0. The lowest BCUT2D eigenvalue weighted by Crippen LogP contribution is -2.18. The number of sulfonamides is 1. The van der Waals surface area contributed by atoms with Gasteiger partial charge < -0.3 is 4.90 Å². The van der Waals surface area contributed by atoms with E-state index in [0.29, 0.717) is 6.54 Å². The third-order valence-electron chi connectivity index (χ3n) is 2.02. The molecule has 0 atom stereocenters. The van der Waals surface area contributed by atoms with E-state index in [1.165, 1.54) is 0 Å². The molecule has 15 heavy (non-hydrogen) atoms. The largest absolute Gasteiger partial charge is 0.305 e. The van der Waals surface area contributed by atoms with Gasteiger partial charge in [-0.05, 0) is 38.2 Å². The summed E-state index contributed by atoms with van der Waals surface area (Å²) in [5.41, 5.74) is 1.62. The molecule has 84 valence electrons. The maximum absolute atomic E-state index is 11.3. The summed E-state index contributed by atoms with van der Waals surface area (Å²) in [5, 5.41) is 5.16. The third-order valence-corrected chi connectivity index (χ3v) is 3.01. The molecule has 4 nitrogen and oxygen atoms in total. The number of primary sulfonamides is 1. The van der Waals surface area contributed by atoms with E-state index in [2.05, 4.69) is 0 Å². The molecular formula is C10H16N2O2S. The first-order chi connectivity index (χ1) is 6.80. The zero-order valence-corrected chi connectivity index (χ0v) is 10.0. The Hall–Kier alpha value is -0.910. The number of nitrogens with two attached hydrogens (primary N) is 1. The zero-order chi connectivity index (χ0) is 11.6.